The minimum atomic E-state index is -0.178. The van der Waals surface area contributed by atoms with Crippen LogP contribution in [0.4, 0.5) is 5.69 Å². The summed E-state index contributed by atoms with van der Waals surface area (Å²) in [5, 5.41) is 3.24. The van der Waals surface area contributed by atoms with Gasteiger partial charge in [0.05, 0.1) is 11.7 Å². The van der Waals surface area contributed by atoms with Crippen LogP contribution in [0.1, 0.15) is 0 Å². The fraction of sp³-hybridized carbons (Fsp3) is 0.208. The molecular weight excluding hydrogens is 444 g/mol. The van der Waals surface area contributed by atoms with E-state index in [0.29, 0.717) is 28.3 Å². The van der Waals surface area contributed by atoms with Gasteiger partial charge in [0.25, 0.3) is 5.56 Å². The monoisotopic (exact) mass is 464 g/mol. The third kappa shape index (κ3) is 4.01. The first kappa shape index (κ1) is 20.7. The molecule has 0 spiro atoms. The number of nitrogens with zero attached hydrogens (tertiary/aromatic N) is 4. The second kappa shape index (κ2) is 8.76. The van der Waals surface area contributed by atoms with Gasteiger partial charge in [0.2, 0.25) is 5.91 Å². The smallest absolute Gasteiger partial charge is 0.263 e. The topological polar surface area (TPSA) is 58.4 Å². The van der Waals surface area contributed by atoms with Crippen LogP contribution in [0.2, 0.25) is 5.02 Å². The first-order chi connectivity index (χ1) is 15.6. The van der Waals surface area contributed by atoms with Crippen LogP contribution < -0.4 is 10.5 Å². The molecule has 0 atom stereocenters. The van der Waals surface area contributed by atoms with Crippen molar-refractivity contribution in [1.29, 1.82) is 0 Å². The second-order valence-electron chi connectivity index (χ2n) is 7.72. The molecule has 1 saturated heterocycles. The maximum atomic E-state index is 13.2. The number of benzene rings is 2. The summed E-state index contributed by atoms with van der Waals surface area (Å²) in [6.45, 7) is 2.69. The maximum Gasteiger partial charge on any atom is 0.263 e. The predicted molar refractivity (Wildman–Crippen MR) is 130 cm³/mol. The minimum Gasteiger partial charge on any atom is -0.368 e. The van der Waals surface area contributed by atoms with Crippen molar-refractivity contribution in [3.05, 3.63) is 81.7 Å². The minimum absolute atomic E-state index is 0.00715. The van der Waals surface area contributed by atoms with E-state index < -0.39 is 0 Å². The number of thiophene rings is 1. The summed E-state index contributed by atoms with van der Waals surface area (Å²) in [7, 11) is 0. The molecule has 162 valence electrons. The average Bonchev–Trinajstić information content (AvgIpc) is 3.27. The van der Waals surface area contributed by atoms with E-state index in [-0.39, 0.29) is 18.0 Å². The SMILES string of the molecule is O=C(Cn1cnc2scc(-c3ccccc3)c2c1=O)N1CCN(c2ccc(Cl)cc2)CC1. The molecule has 0 radical (unpaired) electrons. The van der Waals surface area contributed by atoms with Crippen molar-refractivity contribution in [2.75, 3.05) is 31.1 Å². The highest BCUT2D eigenvalue weighted by atomic mass is 35.5. The first-order valence-electron chi connectivity index (χ1n) is 10.4. The van der Waals surface area contributed by atoms with Crippen molar-refractivity contribution >= 4 is 44.7 Å². The molecule has 0 bridgehead atoms. The zero-order chi connectivity index (χ0) is 22.1. The quantitative estimate of drug-likeness (QED) is 0.455. The number of aromatic nitrogens is 2. The highest BCUT2D eigenvalue weighted by molar-refractivity contribution is 7.17. The van der Waals surface area contributed by atoms with E-state index in [4.69, 9.17) is 11.6 Å². The Morgan fingerprint density at radius 3 is 2.44 bits per heavy atom. The Kier molecular flexibility index (Phi) is 5.68. The summed E-state index contributed by atoms with van der Waals surface area (Å²) in [6, 6.07) is 17.5. The van der Waals surface area contributed by atoms with Gasteiger partial charge in [-0.05, 0) is 29.8 Å². The molecule has 32 heavy (non-hydrogen) atoms. The molecule has 2 aromatic carbocycles. The number of halogens is 1. The molecule has 8 heteroatoms. The van der Waals surface area contributed by atoms with Crippen LogP contribution in [-0.4, -0.2) is 46.5 Å². The van der Waals surface area contributed by atoms with Gasteiger partial charge in [-0.15, -0.1) is 11.3 Å². The third-order valence-corrected chi connectivity index (χ3v) is 6.91. The molecule has 4 aromatic rings. The van der Waals surface area contributed by atoms with E-state index >= 15 is 0 Å². The van der Waals surface area contributed by atoms with E-state index in [1.165, 1.54) is 22.2 Å². The molecule has 1 aliphatic heterocycles. The van der Waals surface area contributed by atoms with Gasteiger partial charge in [-0.1, -0.05) is 41.9 Å². The number of carbonyl (C=O) groups is 1. The zero-order valence-corrected chi connectivity index (χ0v) is 18.9. The van der Waals surface area contributed by atoms with Gasteiger partial charge < -0.3 is 9.80 Å². The third-order valence-electron chi connectivity index (χ3n) is 5.78. The normalized spacial score (nSPS) is 14.2. The second-order valence-corrected chi connectivity index (χ2v) is 9.01. The van der Waals surface area contributed by atoms with Crippen molar-refractivity contribution in [2.24, 2.45) is 0 Å². The van der Waals surface area contributed by atoms with Crippen molar-refractivity contribution in [2.45, 2.75) is 6.54 Å². The number of hydrogen-bond acceptors (Lipinski definition) is 5. The Hall–Kier alpha value is -3.16. The molecule has 1 aliphatic rings. The summed E-state index contributed by atoms with van der Waals surface area (Å²) >= 11 is 7.42. The van der Waals surface area contributed by atoms with Gasteiger partial charge in [-0.3, -0.25) is 14.2 Å². The lowest BCUT2D eigenvalue weighted by Gasteiger charge is -2.36. The van der Waals surface area contributed by atoms with Gasteiger partial charge in [-0.2, -0.15) is 0 Å². The molecule has 2 aromatic heterocycles. The number of rotatable bonds is 4. The lowest BCUT2D eigenvalue weighted by atomic mass is 10.1. The van der Waals surface area contributed by atoms with Crippen LogP contribution in [0.5, 0.6) is 0 Å². The van der Waals surface area contributed by atoms with E-state index in [2.05, 4.69) is 9.88 Å². The summed E-state index contributed by atoms with van der Waals surface area (Å²) in [5.41, 5.74) is 2.75. The van der Waals surface area contributed by atoms with Gasteiger partial charge >= 0.3 is 0 Å². The molecule has 0 saturated carbocycles. The molecule has 0 aliphatic carbocycles. The maximum absolute atomic E-state index is 13.2. The lowest BCUT2D eigenvalue weighted by molar-refractivity contribution is -0.132. The fourth-order valence-electron chi connectivity index (χ4n) is 4.02. The van der Waals surface area contributed by atoms with E-state index in [1.807, 2.05) is 64.9 Å². The number of fused-ring (bicyclic) bond motifs is 1. The Bertz CT molecular complexity index is 1310. The van der Waals surface area contributed by atoms with Crippen LogP contribution >= 0.6 is 22.9 Å². The van der Waals surface area contributed by atoms with Gasteiger partial charge in [0.1, 0.15) is 11.4 Å². The molecule has 0 unspecified atom stereocenters. The molecule has 0 N–H and O–H groups in total. The highest BCUT2D eigenvalue weighted by Gasteiger charge is 2.22. The molecule has 1 amide bonds. The first-order valence-corrected chi connectivity index (χ1v) is 11.7. The standard InChI is InChI=1S/C24H21ClN4O2S/c25-18-6-8-19(9-7-18)27-10-12-28(13-11-27)21(30)14-29-16-26-23-22(24(29)31)20(15-32-23)17-4-2-1-3-5-17/h1-9,15-16H,10-14H2. The molecule has 5 rings (SSSR count). The zero-order valence-electron chi connectivity index (χ0n) is 17.3. The van der Waals surface area contributed by atoms with Crippen LogP contribution in [-0.2, 0) is 11.3 Å². The largest absolute Gasteiger partial charge is 0.368 e. The predicted octanol–water partition coefficient (Wildman–Crippen LogP) is 4.13. The van der Waals surface area contributed by atoms with Crippen molar-refractivity contribution < 1.29 is 4.79 Å². The Labute approximate surface area is 194 Å². The Morgan fingerprint density at radius 1 is 1.00 bits per heavy atom. The van der Waals surface area contributed by atoms with Crippen LogP contribution in [0.25, 0.3) is 21.3 Å². The summed E-state index contributed by atoms with van der Waals surface area (Å²) in [6.07, 6.45) is 1.48. The lowest BCUT2D eigenvalue weighted by Crippen LogP contribution is -2.50. The Morgan fingerprint density at radius 2 is 1.72 bits per heavy atom. The van der Waals surface area contributed by atoms with E-state index in [9.17, 15) is 9.59 Å². The van der Waals surface area contributed by atoms with E-state index in [1.54, 1.807) is 0 Å². The van der Waals surface area contributed by atoms with Crippen LogP contribution in [0, 0.1) is 0 Å². The fourth-order valence-corrected chi connectivity index (χ4v) is 5.05. The number of amides is 1. The number of anilines is 1. The highest BCUT2D eigenvalue weighted by Crippen LogP contribution is 2.30. The number of hydrogen-bond donors (Lipinski definition) is 0. The van der Waals surface area contributed by atoms with Crippen LogP contribution in [0.3, 0.4) is 0 Å². The van der Waals surface area contributed by atoms with Gasteiger partial charge in [0.15, 0.2) is 0 Å². The van der Waals surface area contributed by atoms with E-state index in [0.717, 1.165) is 29.9 Å². The molecule has 3 heterocycles. The van der Waals surface area contributed by atoms with Gasteiger partial charge in [0, 0.05) is 47.8 Å². The summed E-state index contributed by atoms with van der Waals surface area (Å²) in [4.78, 5) is 35.3. The van der Waals surface area contributed by atoms with Crippen molar-refractivity contribution in [3.63, 3.8) is 0 Å². The molecule has 6 nitrogen and oxygen atoms in total. The molecular formula is C24H21ClN4O2S. The average molecular weight is 465 g/mol. The number of piperazine rings is 1. The van der Waals surface area contributed by atoms with Crippen molar-refractivity contribution in [3.8, 4) is 11.1 Å². The van der Waals surface area contributed by atoms with Gasteiger partial charge in [-0.25, -0.2) is 4.98 Å². The number of carbonyl (C=O) groups excluding carboxylic acids is 1. The summed E-state index contributed by atoms with van der Waals surface area (Å²) in [5.74, 6) is -0.0690. The Balaban J connectivity index is 1.32. The van der Waals surface area contributed by atoms with Crippen molar-refractivity contribution in [1.82, 2.24) is 14.5 Å². The molecule has 1 fully saturated rings. The summed E-state index contributed by atoms with van der Waals surface area (Å²) < 4.78 is 1.43. The van der Waals surface area contributed by atoms with Crippen LogP contribution in [0.15, 0.2) is 71.1 Å².